The van der Waals surface area contributed by atoms with Gasteiger partial charge in [-0.2, -0.15) is 0 Å². The number of carbonyl (C=O) groups excluding carboxylic acids is 2. The van der Waals surface area contributed by atoms with Crippen LogP contribution in [0.15, 0.2) is 66.7 Å². The zero-order valence-corrected chi connectivity index (χ0v) is 18.3. The van der Waals surface area contributed by atoms with Crippen molar-refractivity contribution >= 4 is 51.4 Å². The maximum atomic E-state index is 13.1. The molecule has 0 bridgehead atoms. The molecule has 0 atom stereocenters. The summed E-state index contributed by atoms with van der Waals surface area (Å²) in [5.41, 5.74) is 2.95. The molecule has 1 N–H and O–H groups in total. The van der Waals surface area contributed by atoms with E-state index in [-0.39, 0.29) is 11.9 Å². The van der Waals surface area contributed by atoms with Crippen LogP contribution in [0, 0.1) is 0 Å². The van der Waals surface area contributed by atoms with E-state index in [4.69, 9.17) is 16.3 Å². The van der Waals surface area contributed by atoms with Crippen LogP contribution in [0.1, 0.15) is 34.1 Å². The summed E-state index contributed by atoms with van der Waals surface area (Å²) in [5.74, 6) is -0.636. The van der Waals surface area contributed by atoms with Crippen LogP contribution >= 0.6 is 22.9 Å². The van der Waals surface area contributed by atoms with Crippen molar-refractivity contribution in [3.05, 3.63) is 82.2 Å². The second-order valence-electron chi connectivity index (χ2n) is 6.84. The number of pyridine rings is 1. The smallest absolute Gasteiger partial charge is 0.338 e. The molecular weight excluding hydrogens is 432 g/mol. The molecule has 0 aliphatic heterocycles. The Kier molecular flexibility index (Phi) is 6.30. The topological polar surface area (TPSA) is 68.3 Å². The highest BCUT2D eigenvalue weighted by molar-refractivity contribution is 7.19. The number of fused-ring (bicyclic) bond motifs is 1. The Morgan fingerprint density at radius 3 is 2.55 bits per heavy atom. The zero-order chi connectivity index (χ0) is 21.8. The van der Waals surface area contributed by atoms with Gasteiger partial charge >= 0.3 is 5.97 Å². The maximum Gasteiger partial charge on any atom is 0.338 e. The van der Waals surface area contributed by atoms with Gasteiger partial charge in [0.25, 0.3) is 5.91 Å². The molecule has 156 valence electrons. The average Bonchev–Trinajstić information content (AvgIpc) is 3.23. The number of amides is 1. The fourth-order valence-electron chi connectivity index (χ4n) is 3.11. The standard InChI is InChI=1S/C24H19ClN2O3S/c1-2-13-30-24(29)15-7-9-16(10-8-15)26-23(28)18-14-20(21-11-12-22(25)31-21)27-19-6-4-3-5-17(18)19/h3-12,14H,2,13H2,1H3,(H,26,28). The number of benzene rings is 2. The number of esters is 1. The van der Waals surface area contributed by atoms with Gasteiger partial charge in [-0.15, -0.1) is 11.3 Å². The third kappa shape index (κ3) is 4.76. The van der Waals surface area contributed by atoms with Crippen LogP contribution in [0.25, 0.3) is 21.5 Å². The van der Waals surface area contributed by atoms with Crippen LogP contribution < -0.4 is 5.32 Å². The summed E-state index contributed by atoms with van der Waals surface area (Å²) in [7, 11) is 0. The molecule has 0 spiro atoms. The van der Waals surface area contributed by atoms with Gasteiger partial charge in [0.2, 0.25) is 0 Å². The molecule has 0 aliphatic rings. The lowest BCUT2D eigenvalue weighted by molar-refractivity contribution is 0.0505. The van der Waals surface area contributed by atoms with E-state index in [1.54, 1.807) is 30.3 Å². The van der Waals surface area contributed by atoms with Crippen molar-refractivity contribution in [2.45, 2.75) is 13.3 Å². The Hall–Kier alpha value is -3.22. The fourth-order valence-corrected chi connectivity index (χ4v) is 4.11. The normalized spacial score (nSPS) is 10.8. The number of hydrogen-bond acceptors (Lipinski definition) is 5. The number of nitrogens with one attached hydrogen (secondary N) is 1. The Balaban J connectivity index is 1.62. The van der Waals surface area contributed by atoms with Crippen molar-refractivity contribution in [3.8, 4) is 10.6 Å². The number of ether oxygens (including phenoxy) is 1. The first-order valence-electron chi connectivity index (χ1n) is 9.79. The zero-order valence-electron chi connectivity index (χ0n) is 16.7. The predicted molar refractivity (Wildman–Crippen MR) is 125 cm³/mol. The number of anilines is 1. The van der Waals surface area contributed by atoms with Crippen molar-refractivity contribution in [2.24, 2.45) is 0 Å². The van der Waals surface area contributed by atoms with Crippen molar-refractivity contribution in [3.63, 3.8) is 0 Å². The maximum absolute atomic E-state index is 13.1. The Morgan fingerprint density at radius 2 is 1.84 bits per heavy atom. The van der Waals surface area contributed by atoms with Crippen LogP contribution in [0.4, 0.5) is 5.69 Å². The summed E-state index contributed by atoms with van der Waals surface area (Å²) in [6.45, 7) is 2.32. The van der Waals surface area contributed by atoms with Gasteiger partial charge in [0.1, 0.15) is 0 Å². The van der Waals surface area contributed by atoms with E-state index >= 15 is 0 Å². The largest absolute Gasteiger partial charge is 0.462 e. The van der Waals surface area contributed by atoms with Crippen LogP contribution in [0.3, 0.4) is 0 Å². The summed E-state index contributed by atoms with van der Waals surface area (Å²) in [6.07, 6.45) is 0.763. The van der Waals surface area contributed by atoms with Gasteiger partial charge in [-0.1, -0.05) is 36.7 Å². The molecule has 0 saturated carbocycles. The minimum Gasteiger partial charge on any atom is -0.462 e. The number of halogens is 1. The number of carbonyl (C=O) groups is 2. The summed E-state index contributed by atoms with van der Waals surface area (Å²) in [4.78, 5) is 30.7. The van der Waals surface area contributed by atoms with E-state index < -0.39 is 0 Å². The lowest BCUT2D eigenvalue weighted by Crippen LogP contribution is -2.13. The molecule has 31 heavy (non-hydrogen) atoms. The second-order valence-corrected chi connectivity index (χ2v) is 8.56. The molecule has 2 aromatic carbocycles. The predicted octanol–water partition coefficient (Wildman–Crippen LogP) is 6.44. The molecule has 4 aromatic rings. The van der Waals surface area contributed by atoms with Crippen LogP contribution in [0.2, 0.25) is 4.34 Å². The van der Waals surface area contributed by atoms with Crippen molar-refractivity contribution < 1.29 is 14.3 Å². The third-order valence-electron chi connectivity index (χ3n) is 4.60. The number of thiophene rings is 1. The number of para-hydroxylation sites is 1. The highest BCUT2D eigenvalue weighted by atomic mass is 35.5. The van der Waals surface area contributed by atoms with Gasteiger partial charge in [-0.05, 0) is 55.0 Å². The summed E-state index contributed by atoms with van der Waals surface area (Å²) >= 11 is 7.49. The molecule has 2 aromatic heterocycles. The Labute approximate surface area is 188 Å². The van der Waals surface area contributed by atoms with Crippen LogP contribution in [-0.4, -0.2) is 23.5 Å². The number of nitrogens with zero attached hydrogens (tertiary/aromatic N) is 1. The monoisotopic (exact) mass is 450 g/mol. The molecule has 0 unspecified atom stereocenters. The Morgan fingerprint density at radius 1 is 1.06 bits per heavy atom. The molecule has 0 saturated heterocycles. The molecule has 2 heterocycles. The fraction of sp³-hybridized carbons (Fsp3) is 0.125. The molecule has 4 rings (SSSR count). The number of aromatic nitrogens is 1. The van der Waals surface area contributed by atoms with Crippen molar-refractivity contribution in [2.75, 3.05) is 11.9 Å². The molecule has 0 radical (unpaired) electrons. The lowest BCUT2D eigenvalue weighted by Gasteiger charge is -2.10. The summed E-state index contributed by atoms with van der Waals surface area (Å²) in [6, 6.07) is 19.6. The molecule has 0 aliphatic carbocycles. The first-order valence-corrected chi connectivity index (χ1v) is 11.0. The van der Waals surface area contributed by atoms with Gasteiger partial charge < -0.3 is 10.1 Å². The average molecular weight is 451 g/mol. The van der Waals surface area contributed by atoms with Gasteiger partial charge in [-0.3, -0.25) is 4.79 Å². The molecular formula is C24H19ClN2O3S. The quantitative estimate of drug-likeness (QED) is 0.343. The molecule has 5 nitrogen and oxygen atoms in total. The highest BCUT2D eigenvalue weighted by Gasteiger charge is 2.15. The molecule has 7 heteroatoms. The van der Waals surface area contributed by atoms with Gasteiger partial charge in [0.15, 0.2) is 0 Å². The third-order valence-corrected chi connectivity index (χ3v) is 5.86. The summed E-state index contributed by atoms with van der Waals surface area (Å²) in [5, 5.41) is 3.66. The first-order chi connectivity index (χ1) is 15.0. The lowest BCUT2D eigenvalue weighted by atomic mass is 10.1. The first kappa shape index (κ1) is 21.0. The number of hydrogen-bond donors (Lipinski definition) is 1. The van der Waals surface area contributed by atoms with E-state index in [1.165, 1.54) is 11.3 Å². The van der Waals surface area contributed by atoms with Gasteiger partial charge in [0.05, 0.1) is 38.2 Å². The Bertz CT molecular complexity index is 1250. The number of rotatable bonds is 6. The van der Waals surface area contributed by atoms with E-state index in [9.17, 15) is 9.59 Å². The summed E-state index contributed by atoms with van der Waals surface area (Å²) < 4.78 is 5.79. The van der Waals surface area contributed by atoms with Crippen molar-refractivity contribution in [1.29, 1.82) is 0 Å². The van der Waals surface area contributed by atoms with Crippen molar-refractivity contribution in [1.82, 2.24) is 4.98 Å². The van der Waals surface area contributed by atoms with E-state index in [2.05, 4.69) is 10.3 Å². The van der Waals surface area contributed by atoms with E-state index in [0.29, 0.717) is 33.5 Å². The molecule has 1 amide bonds. The van der Waals surface area contributed by atoms with E-state index in [1.807, 2.05) is 43.3 Å². The van der Waals surface area contributed by atoms with Gasteiger partial charge in [-0.25, -0.2) is 9.78 Å². The van der Waals surface area contributed by atoms with E-state index in [0.717, 1.165) is 22.2 Å². The van der Waals surface area contributed by atoms with Gasteiger partial charge in [0, 0.05) is 11.1 Å². The minimum atomic E-state index is -0.376. The highest BCUT2D eigenvalue weighted by Crippen LogP contribution is 2.32. The SMILES string of the molecule is CCCOC(=O)c1ccc(NC(=O)c2cc(-c3ccc(Cl)s3)nc3ccccc23)cc1. The van der Waals surface area contributed by atoms with Crippen LogP contribution in [-0.2, 0) is 4.74 Å². The minimum absolute atomic E-state index is 0.260. The van der Waals surface area contributed by atoms with Crippen LogP contribution in [0.5, 0.6) is 0 Å². The molecule has 0 fully saturated rings. The second kappa shape index (κ2) is 9.29.